The van der Waals surface area contributed by atoms with E-state index in [1.165, 1.54) is 21.3 Å². The Morgan fingerprint density at radius 1 is 0.923 bits per heavy atom. The second-order valence-electron chi connectivity index (χ2n) is 8.67. The van der Waals surface area contributed by atoms with Crippen LogP contribution < -0.4 is 29.6 Å². The van der Waals surface area contributed by atoms with Crippen LogP contribution in [0.1, 0.15) is 27.3 Å². The first kappa shape index (κ1) is 27.2. The molecule has 0 saturated carbocycles. The van der Waals surface area contributed by atoms with Crippen molar-refractivity contribution in [2.45, 2.75) is 20.3 Å². The van der Waals surface area contributed by atoms with Crippen molar-refractivity contribution in [3.63, 3.8) is 0 Å². The van der Waals surface area contributed by atoms with Gasteiger partial charge in [0, 0.05) is 46.7 Å². The van der Waals surface area contributed by atoms with E-state index in [9.17, 15) is 4.79 Å². The Kier molecular flexibility index (Phi) is 8.50. The number of aromatic nitrogens is 3. The van der Waals surface area contributed by atoms with Gasteiger partial charge >= 0.3 is 0 Å². The van der Waals surface area contributed by atoms with Gasteiger partial charge in [-0.25, -0.2) is 9.97 Å². The number of amides is 1. The molecule has 204 valence electrons. The van der Waals surface area contributed by atoms with Crippen molar-refractivity contribution in [3.8, 4) is 23.0 Å². The summed E-state index contributed by atoms with van der Waals surface area (Å²) in [7, 11) is 6.13. The van der Waals surface area contributed by atoms with E-state index in [2.05, 4.69) is 30.6 Å². The molecule has 11 heteroatoms. The van der Waals surface area contributed by atoms with Gasteiger partial charge in [-0.15, -0.1) is 0 Å². The zero-order valence-electron chi connectivity index (χ0n) is 22.8. The van der Waals surface area contributed by atoms with Gasteiger partial charge in [-0.3, -0.25) is 20.4 Å². The molecule has 39 heavy (non-hydrogen) atoms. The quantitative estimate of drug-likeness (QED) is 0.217. The van der Waals surface area contributed by atoms with Crippen molar-refractivity contribution >= 4 is 28.7 Å². The Hall–Kier alpha value is -4.80. The molecule has 0 fully saturated rings. The third kappa shape index (κ3) is 6.38. The number of hydrogen-bond donors (Lipinski definition) is 3. The van der Waals surface area contributed by atoms with Crippen molar-refractivity contribution in [1.82, 2.24) is 20.3 Å². The van der Waals surface area contributed by atoms with Gasteiger partial charge in [0.25, 0.3) is 5.91 Å². The number of methoxy groups -OCH3 is 4. The summed E-state index contributed by atoms with van der Waals surface area (Å²) in [5, 5.41) is 6.98. The molecule has 4 aromatic rings. The molecule has 0 aliphatic carbocycles. The number of nitrogens with zero attached hydrogens (tertiary/aromatic N) is 3. The Labute approximate surface area is 226 Å². The van der Waals surface area contributed by atoms with Gasteiger partial charge in [-0.05, 0) is 56.2 Å². The number of rotatable bonds is 9. The molecule has 0 bridgehead atoms. The summed E-state index contributed by atoms with van der Waals surface area (Å²) in [6.07, 6.45) is 2.58. The number of guanidine groups is 1. The molecule has 2 aromatic heterocycles. The molecule has 2 aromatic carbocycles. The first-order valence-electron chi connectivity index (χ1n) is 12.2. The van der Waals surface area contributed by atoms with E-state index in [-0.39, 0.29) is 5.96 Å². The normalized spacial score (nSPS) is 11.3. The van der Waals surface area contributed by atoms with Crippen LogP contribution in [0.3, 0.4) is 0 Å². The van der Waals surface area contributed by atoms with Crippen LogP contribution in [0.5, 0.6) is 23.0 Å². The number of carbonyl (C=O) groups excluding carboxylic acids is 1. The van der Waals surface area contributed by atoms with Crippen LogP contribution in [0.4, 0.5) is 5.95 Å². The summed E-state index contributed by atoms with van der Waals surface area (Å²) >= 11 is 0. The molecule has 1 amide bonds. The lowest BCUT2D eigenvalue weighted by atomic mass is 10.1. The number of anilines is 1. The maximum atomic E-state index is 13.3. The fourth-order valence-electron chi connectivity index (χ4n) is 4.18. The summed E-state index contributed by atoms with van der Waals surface area (Å²) in [4.78, 5) is 30.1. The molecule has 0 radical (unpaired) electrons. The first-order chi connectivity index (χ1) is 18.8. The minimum absolute atomic E-state index is 0.209. The van der Waals surface area contributed by atoms with Crippen LogP contribution in [0.2, 0.25) is 0 Å². The molecule has 0 aliphatic rings. The van der Waals surface area contributed by atoms with Crippen LogP contribution in [-0.2, 0) is 6.42 Å². The predicted octanol–water partition coefficient (Wildman–Crippen LogP) is 4.05. The third-order valence-corrected chi connectivity index (χ3v) is 6.00. The summed E-state index contributed by atoms with van der Waals surface area (Å²) in [6, 6.07) is 10.9. The third-order valence-electron chi connectivity index (χ3n) is 6.00. The molecule has 0 spiro atoms. The molecule has 2 heterocycles. The van der Waals surface area contributed by atoms with Crippen LogP contribution >= 0.6 is 0 Å². The largest absolute Gasteiger partial charge is 0.497 e. The van der Waals surface area contributed by atoms with Crippen molar-refractivity contribution < 1.29 is 23.7 Å². The minimum Gasteiger partial charge on any atom is -0.497 e. The zero-order valence-corrected chi connectivity index (χ0v) is 22.8. The Bertz CT molecular complexity index is 1470. The monoisotopic (exact) mass is 532 g/mol. The standard InChI is InChI=1S/C28H32N6O5/c1-16-11-17(2)32-28(31-16)34-27(29-10-9-18-15-30-22-14-20(36-3)7-8-21(18)22)33-26(35)19-12-23(37-4)25(39-6)24(13-19)38-5/h7-8,11-15,30H,9-10H2,1-6H3,(H2,29,31,32,33,34,35). The Morgan fingerprint density at radius 2 is 1.62 bits per heavy atom. The second kappa shape index (κ2) is 12.2. The highest BCUT2D eigenvalue weighted by atomic mass is 16.5. The maximum absolute atomic E-state index is 13.3. The van der Waals surface area contributed by atoms with Gasteiger partial charge in [0.05, 0.1) is 28.4 Å². The molecular weight excluding hydrogens is 500 g/mol. The number of aryl methyl sites for hydroxylation is 2. The fourth-order valence-corrected chi connectivity index (χ4v) is 4.18. The van der Waals surface area contributed by atoms with Gasteiger partial charge in [0.2, 0.25) is 17.7 Å². The summed E-state index contributed by atoms with van der Waals surface area (Å²) in [5.74, 6) is 2.01. The van der Waals surface area contributed by atoms with Gasteiger partial charge in [-0.2, -0.15) is 0 Å². The van der Waals surface area contributed by atoms with Crippen LogP contribution in [0.25, 0.3) is 10.9 Å². The number of fused-ring (bicyclic) bond motifs is 1. The lowest BCUT2D eigenvalue weighted by molar-refractivity contribution is 0.0976. The maximum Gasteiger partial charge on any atom is 0.258 e. The number of nitrogens with one attached hydrogen (secondary N) is 3. The van der Waals surface area contributed by atoms with Crippen LogP contribution in [0.15, 0.2) is 47.6 Å². The summed E-state index contributed by atoms with van der Waals surface area (Å²) < 4.78 is 21.5. The number of benzene rings is 2. The minimum atomic E-state index is -0.427. The molecule has 11 nitrogen and oxygen atoms in total. The van der Waals surface area contributed by atoms with Crippen molar-refractivity contribution in [2.24, 2.45) is 4.99 Å². The van der Waals surface area contributed by atoms with E-state index in [4.69, 9.17) is 18.9 Å². The fraction of sp³-hybridized carbons (Fsp3) is 0.286. The van der Waals surface area contributed by atoms with Gasteiger partial charge < -0.3 is 23.9 Å². The molecule has 0 saturated heterocycles. The summed E-state index contributed by atoms with van der Waals surface area (Å²) in [6.45, 7) is 4.13. The van der Waals surface area contributed by atoms with Crippen LogP contribution in [0, 0.1) is 13.8 Å². The average Bonchev–Trinajstić information content (AvgIpc) is 3.33. The van der Waals surface area contributed by atoms with Gasteiger partial charge in [-0.1, -0.05) is 0 Å². The predicted molar refractivity (Wildman–Crippen MR) is 150 cm³/mol. The van der Waals surface area contributed by atoms with Gasteiger partial charge in [0.15, 0.2) is 11.5 Å². The number of carbonyl (C=O) groups is 1. The van der Waals surface area contributed by atoms with E-state index in [1.54, 1.807) is 19.2 Å². The lowest BCUT2D eigenvalue weighted by Gasteiger charge is -2.15. The van der Waals surface area contributed by atoms with Crippen molar-refractivity contribution in [3.05, 3.63) is 65.1 Å². The zero-order chi connectivity index (χ0) is 27.9. The molecule has 4 rings (SSSR count). The number of hydrogen-bond acceptors (Lipinski definition) is 8. The highest BCUT2D eigenvalue weighted by Gasteiger charge is 2.18. The number of aromatic amines is 1. The molecular formula is C28H32N6O5. The van der Waals surface area contributed by atoms with E-state index in [0.717, 1.165) is 33.6 Å². The average molecular weight is 533 g/mol. The number of aliphatic imine (C=N–C) groups is 1. The molecule has 0 unspecified atom stereocenters. The molecule has 0 aliphatic heterocycles. The summed E-state index contributed by atoms with van der Waals surface area (Å²) in [5.41, 5.74) is 3.94. The van der Waals surface area contributed by atoms with Crippen molar-refractivity contribution in [2.75, 3.05) is 40.3 Å². The topological polar surface area (TPSA) is 132 Å². The SMILES string of the molecule is COc1ccc2c(CCN=C(NC(=O)c3cc(OC)c(OC)c(OC)c3)Nc3nc(C)cc(C)n3)c[nH]c2c1. The highest BCUT2D eigenvalue weighted by molar-refractivity contribution is 6.10. The number of H-pyrrole nitrogens is 1. The number of ether oxygens (including phenoxy) is 4. The first-order valence-corrected chi connectivity index (χ1v) is 12.2. The van der Waals surface area contributed by atoms with Gasteiger partial charge in [0.1, 0.15) is 5.75 Å². The van der Waals surface area contributed by atoms with E-state index >= 15 is 0 Å². The van der Waals surface area contributed by atoms with E-state index in [1.807, 2.05) is 44.3 Å². The van der Waals surface area contributed by atoms with E-state index in [0.29, 0.717) is 41.7 Å². The molecule has 0 atom stereocenters. The second-order valence-corrected chi connectivity index (χ2v) is 8.67. The van der Waals surface area contributed by atoms with E-state index < -0.39 is 5.91 Å². The smallest absolute Gasteiger partial charge is 0.258 e. The Balaban J connectivity index is 1.59. The van der Waals surface area contributed by atoms with Crippen LogP contribution in [-0.4, -0.2) is 61.8 Å². The lowest BCUT2D eigenvalue weighted by Crippen LogP contribution is -2.37. The van der Waals surface area contributed by atoms with Crippen molar-refractivity contribution in [1.29, 1.82) is 0 Å². The molecule has 3 N–H and O–H groups in total. The highest BCUT2D eigenvalue weighted by Crippen LogP contribution is 2.38. The Morgan fingerprint density at radius 3 is 2.23 bits per heavy atom.